The molecule has 0 aromatic carbocycles. The molecule has 0 aromatic heterocycles. The van der Waals surface area contributed by atoms with Gasteiger partial charge in [0.05, 0.1) is 0 Å². The van der Waals surface area contributed by atoms with Crippen LogP contribution in [0.5, 0.6) is 0 Å². The first-order valence-electron chi connectivity index (χ1n) is 5.20. The summed E-state index contributed by atoms with van der Waals surface area (Å²) in [5, 5.41) is 0. The Balaban J connectivity index is 3.54. The van der Waals surface area contributed by atoms with Gasteiger partial charge in [-0.2, -0.15) is 24.4 Å². The molecule has 14 heavy (non-hydrogen) atoms. The van der Waals surface area contributed by atoms with E-state index in [1.54, 1.807) is 7.11 Å². The van der Waals surface area contributed by atoms with Gasteiger partial charge in [0.1, 0.15) is 0 Å². The average molecular weight is 236 g/mol. The van der Waals surface area contributed by atoms with Gasteiger partial charge in [0.15, 0.2) is 0 Å². The van der Waals surface area contributed by atoms with Crippen molar-refractivity contribution in [3.8, 4) is 0 Å². The third kappa shape index (κ3) is 7.02. The van der Waals surface area contributed by atoms with Crippen molar-refractivity contribution >= 4 is 24.4 Å². The van der Waals surface area contributed by atoms with Crippen molar-refractivity contribution in [1.82, 2.24) is 0 Å². The van der Waals surface area contributed by atoms with E-state index in [0.717, 1.165) is 18.8 Å². The highest BCUT2D eigenvalue weighted by molar-refractivity contribution is 7.99. The van der Waals surface area contributed by atoms with Gasteiger partial charge in [-0.15, -0.1) is 0 Å². The molecule has 1 atom stereocenters. The SMILES string of the molecule is COCCCSCC(CS)C(C)(C)C. The molecule has 0 aliphatic heterocycles. The fraction of sp³-hybridized carbons (Fsp3) is 1.00. The van der Waals surface area contributed by atoms with Crippen molar-refractivity contribution in [2.45, 2.75) is 27.2 Å². The predicted octanol–water partition coefficient (Wildman–Crippen LogP) is 3.35. The van der Waals surface area contributed by atoms with Crippen LogP contribution in [-0.2, 0) is 4.74 Å². The number of rotatable bonds is 7. The molecule has 0 saturated heterocycles. The van der Waals surface area contributed by atoms with Crippen LogP contribution in [0.1, 0.15) is 27.2 Å². The Kier molecular flexibility index (Phi) is 8.26. The summed E-state index contributed by atoms with van der Waals surface area (Å²) in [6.45, 7) is 7.77. The molecule has 0 radical (unpaired) electrons. The van der Waals surface area contributed by atoms with Crippen molar-refractivity contribution in [1.29, 1.82) is 0 Å². The zero-order valence-corrected chi connectivity index (χ0v) is 11.6. The van der Waals surface area contributed by atoms with Gasteiger partial charge < -0.3 is 4.74 Å². The maximum atomic E-state index is 5.01. The smallest absolute Gasteiger partial charge is 0.0470 e. The molecule has 1 unspecified atom stereocenters. The van der Waals surface area contributed by atoms with Crippen LogP contribution >= 0.6 is 24.4 Å². The quantitative estimate of drug-likeness (QED) is 0.536. The van der Waals surface area contributed by atoms with Crippen LogP contribution in [0.2, 0.25) is 0 Å². The summed E-state index contributed by atoms with van der Waals surface area (Å²) in [6.07, 6.45) is 1.16. The normalized spacial score (nSPS) is 14.4. The van der Waals surface area contributed by atoms with Crippen LogP contribution in [0.4, 0.5) is 0 Å². The molecule has 0 saturated carbocycles. The lowest BCUT2D eigenvalue weighted by molar-refractivity contribution is 0.200. The number of ether oxygens (including phenoxy) is 1. The van der Waals surface area contributed by atoms with Gasteiger partial charge in [-0.3, -0.25) is 0 Å². The first kappa shape index (κ1) is 14.7. The fourth-order valence-electron chi connectivity index (χ4n) is 1.11. The number of hydrogen-bond acceptors (Lipinski definition) is 3. The molecule has 0 aliphatic rings. The third-order valence-corrected chi connectivity index (χ3v) is 4.06. The van der Waals surface area contributed by atoms with E-state index in [-0.39, 0.29) is 0 Å². The van der Waals surface area contributed by atoms with E-state index in [4.69, 9.17) is 4.74 Å². The highest BCUT2D eigenvalue weighted by Gasteiger charge is 2.22. The molecule has 3 heteroatoms. The Bertz CT molecular complexity index is 132. The number of hydrogen-bond donors (Lipinski definition) is 1. The van der Waals surface area contributed by atoms with E-state index in [1.807, 2.05) is 11.8 Å². The summed E-state index contributed by atoms with van der Waals surface area (Å²) in [5.74, 6) is 4.12. The summed E-state index contributed by atoms with van der Waals surface area (Å²) in [5.41, 5.74) is 0.385. The molecule has 0 N–H and O–H groups in total. The molecule has 0 aromatic rings. The number of methoxy groups -OCH3 is 1. The molecular weight excluding hydrogens is 212 g/mol. The predicted molar refractivity (Wildman–Crippen MR) is 70.6 cm³/mol. The van der Waals surface area contributed by atoms with Crippen molar-refractivity contribution in [2.24, 2.45) is 11.3 Å². The molecule has 0 rings (SSSR count). The molecule has 86 valence electrons. The molecule has 0 fully saturated rings. The van der Waals surface area contributed by atoms with E-state index in [1.165, 1.54) is 11.5 Å². The van der Waals surface area contributed by atoms with Crippen molar-refractivity contribution in [2.75, 3.05) is 31.0 Å². The average Bonchev–Trinajstić information content (AvgIpc) is 2.09. The molecule has 0 bridgehead atoms. The highest BCUT2D eigenvalue weighted by Crippen LogP contribution is 2.29. The largest absolute Gasteiger partial charge is 0.385 e. The van der Waals surface area contributed by atoms with Crippen LogP contribution in [0, 0.1) is 11.3 Å². The third-order valence-electron chi connectivity index (χ3n) is 2.40. The first-order chi connectivity index (χ1) is 6.52. The Morgan fingerprint density at radius 2 is 2.00 bits per heavy atom. The van der Waals surface area contributed by atoms with Crippen molar-refractivity contribution < 1.29 is 4.74 Å². The van der Waals surface area contributed by atoms with Gasteiger partial charge in [-0.1, -0.05) is 20.8 Å². The van der Waals surface area contributed by atoms with Gasteiger partial charge in [0.25, 0.3) is 0 Å². The lowest BCUT2D eigenvalue weighted by atomic mass is 9.83. The monoisotopic (exact) mass is 236 g/mol. The van der Waals surface area contributed by atoms with Crippen LogP contribution in [0.25, 0.3) is 0 Å². The molecule has 1 nitrogen and oxygen atoms in total. The Morgan fingerprint density at radius 1 is 1.36 bits per heavy atom. The lowest BCUT2D eigenvalue weighted by Gasteiger charge is -2.29. The molecule has 0 amide bonds. The topological polar surface area (TPSA) is 9.23 Å². The molecule has 0 spiro atoms. The molecule has 0 aliphatic carbocycles. The Labute approximate surface area is 98.8 Å². The summed E-state index contributed by atoms with van der Waals surface area (Å²) >= 11 is 6.44. The van der Waals surface area contributed by atoms with E-state index in [2.05, 4.69) is 33.4 Å². The zero-order chi connectivity index (χ0) is 11.0. The van der Waals surface area contributed by atoms with Gasteiger partial charge in [0, 0.05) is 13.7 Å². The first-order valence-corrected chi connectivity index (χ1v) is 6.98. The maximum Gasteiger partial charge on any atom is 0.0470 e. The van der Waals surface area contributed by atoms with Crippen LogP contribution in [0.15, 0.2) is 0 Å². The second-order valence-electron chi connectivity index (χ2n) is 4.67. The van der Waals surface area contributed by atoms with Gasteiger partial charge >= 0.3 is 0 Å². The van der Waals surface area contributed by atoms with Crippen molar-refractivity contribution in [3.05, 3.63) is 0 Å². The van der Waals surface area contributed by atoms with E-state index < -0.39 is 0 Å². The van der Waals surface area contributed by atoms with E-state index >= 15 is 0 Å². The standard InChI is InChI=1S/C11H24OS2/c1-11(2,3)10(8-13)9-14-7-5-6-12-4/h10,13H,5-9H2,1-4H3. The Hall–Kier alpha value is 0.660. The fourth-order valence-corrected chi connectivity index (χ4v) is 3.35. The lowest BCUT2D eigenvalue weighted by Crippen LogP contribution is -2.24. The second-order valence-corrected chi connectivity index (χ2v) is 6.18. The number of thiol groups is 1. The summed E-state index contributed by atoms with van der Waals surface area (Å²) in [7, 11) is 1.76. The number of thioether (sulfide) groups is 1. The molecular formula is C11H24OS2. The van der Waals surface area contributed by atoms with E-state index in [9.17, 15) is 0 Å². The summed E-state index contributed by atoms with van der Waals surface area (Å²) in [4.78, 5) is 0. The summed E-state index contributed by atoms with van der Waals surface area (Å²) < 4.78 is 5.01. The van der Waals surface area contributed by atoms with Crippen LogP contribution in [-0.4, -0.2) is 31.0 Å². The second kappa shape index (κ2) is 7.89. The van der Waals surface area contributed by atoms with Crippen molar-refractivity contribution in [3.63, 3.8) is 0 Å². The minimum Gasteiger partial charge on any atom is -0.385 e. The zero-order valence-electron chi connectivity index (χ0n) is 9.88. The van der Waals surface area contributed by atoms with Gasteiger partial charge in [-0.05, 0) is 35.0 Å². The van der Waals surface area contributed by atoms with Crippen LogP contribution in [0.3, 0.4) is 0 Å². The maximum absolute atomic E-state index is 5.01. The highest BCUT2D eigenvalue weighted by atomic mass is 32.2. The minimum atomic E-state index is 0.385. The van der Waals surface area contributed by atoms with E-state index in [0.29, 0.717) is 11.3 Å². The van der Waals surface area contributed by atoms with Crippen LogP contribution < -0.4 is 0 Å². The van der Waals surface area contributed by atoms with Gasteiger partial charge in [-0.25, -0.2) is 0 Å². The minimum absolute atomic E-state index is 0.385. The molecule has 0 heterocycles. The van der Waals surface area contributed by atoms with Gasteiger partial charge in [0.2, 0.25) is 0 Å². The Morgan fingerprint density at radius 3 is 2.43 bits per heavy atom. The summed E-state index contributed by atoms with van der Waals surface area (Å²) in [6, 6.07) is 0.